The molecular weight excluding hydrogens is 268 g/mol. The molecule has 2 heteroatoms. The van der Waals surface area contributed by atoms with Gasteiger partial charge in [-0.25, -0.2) is 0 Å². The number of nitrogens with zero attached hydrogens (tertiary/aromatic N) is 1. The molecule has 0 radical (unpaired) electrons. The lowest BCUT2D eigenvalue weighted by Gasteiger charge is -2.21. The van der Waals surface area contributed by atoms with Gasteiger partial charge >= 0.3 is 0 Å². The molecule has 0 spiro atoms. The maximum absolute atomic E-state index is 4.61. The van der Waals surface area contributed by atoms with Crippen LogP contribution in [0.4, 0.5) is 5.69 Å². The minimum Gasteiger partial charge on any atom is -0.346 e. The number of rotatable bonds is 2. The third kappa shape index (κ3) is 2.29. The third-order valence-corrected chi connectivity index (χ3v) is 4.03. The number of hydrogen-bond acceptors (Lipinski definition) is 2. The molecule has 0 aliphatic carbocycles. The van der Waals surface area contributed by atoms with Crippen LogP contribution in [0.5, 0.6) is 0 Å². The number of fused-ring (bicyclic) bond motifs is 1. The Balaban J connectivity index is 1.69. The van der Waals surface area contributed by atoms with E-state index >= 15 is 0 Å². The molecule has 0 saturated carbocycles. The van der Waals surface area contributed by atoms with Gasteiger partial charge in [0.05, 0.1) is 6.34 Å². The van der Waals surface area contributed by atoms with Crippen LogP contribution >= 0.6 is 0 Å². The van der Waals surface area contributed by atoms with Gasteiger partial charge in [-0.3, -0.25) is 4.99 Å². The van der Waals surface area contributed by atoms with Crippen molar-refractivity contribution in [2.24, 2.45) is 4.99 Å². The predicted molar refractivity (Wildman–Crippen MR) is 92.3 cm³/mol. The second kappa shape index (κ2) is 5.49. The van der Waals surface area contributed by atoms with Gasteiger partial charge in [-0.05, 0) is 22.8 Å². The molecule has 0 saturated heterocycles. The quantitative estimate of drug-likeness (QED) is 0.711. The average Bonchev–Trinajstić information content (AvgIpc) is 2.62. The van der Waals surface area contributed by atoms with E-state index in [-0.39, 0.29) is 6.04 Å². The van der Waals surface area contributed by atoms with Crippen LogP contribution in [0.2, 0.25) is 0 Å². The number of hydrogen-bond donors (Lipinski definition) is 1. The van der Waals surface area contributed by atoms with E-state index in [1.807, 2.05) is 12.1 Å². The first-order valence-electron chi connectivity index (χ1n) is 7.44. The summed E-state index contributed by atoms with van der Waals surface area (Å²) in [6.07, 6.45) is 1.79. The Morgan fingerprint density at radius 3 is 2.18 bits per heavy atom. The van der Waals surface area contributed by atoms with Crippen molar-refractivity contribution in [3.63, 3.8) is 0 Å². The summed E-state index contributed by atoms with van der Waals surface area (Å²) in [5.41, 5.74) is 6.04. The second-order valence-corrected chi connectivity index (χ2v) is 5.40. The van der Waals surface area contributed by atoms with Crippen LogP contribution in [0.25, 0.3) is 11.1 Å². The lowest BCUT2D eigenvalue weighted by Crippen LogP contribution is -2.11. The van der Waals surface area contributed by atoms with Gasteiger partial charge in [0.25, 0.3) is 0 Å². The van der Waals surface area contributed by atoms with Gasteiger partial charge in [-0.2, -0.15) is 0 Å². The highest BCUT2D eigenvalue weighted by Crippen LogP contribution is 2.34. The Morgan fingerprint density at radius 1 is 0.682 bits per heavy atom. The molecule has 3 aromatic carbocycles. The first kappa shape index (κ1) is 12.8. The number of aliphatic imine (C=N–C) groups is 1. The fraction of sp³-hybridized carbons (Fsp3) is 0.0500. The maximum atomic E-state index is 4.61. The first-order valence-corrected chi connectivity index (χ1v) is 7.44. The zero-order chi connectivity index (χ0) is 14.8. The number of benzene rings is 3. The largest absolute Gasteiger partial charge is 0.346 e. The van der Waals surface area contributed by atoms with E-state index in [0.717, 1.165) is 5.69 Å². The van der Waals surface area contributed by atoms with Crippen molar-refractivity contribution < 1.29 is 0 Å². The summed E-state index contributed by atoms with van der Waals surface area (Å²) in [5.74, 6) is 0. The van der Waals surface area contributed by atoms with E-state index in [2.05, 4.69) is 77.0 Å². The molecule has 0 bridgehead atoms. The standard InChI is InChI=1S/C20H16N2/c1-2-6-15(7-3-1)16-10-12-17(13-11-16)20-18-8-4-5-9-19(18)21-14-22-20/h1-14,20H,(H,21,22). The van der Waals surface area contributed by atoms with Crippen molar-refractivity contribution in [3.05, 3.63) is 90.0 Å². The molecule has 1 atom stereocenters. The summed E-state index contributed by atoms with van der Waals surface area (Å²) in [5, 5.41) is 3.21. The zero-order valence-corrected chi connectivity index (χ0v) is 12.1. The van der Waals surface area contributed by atoms with Gasteiger partial charge in [-0.15, -0.1) is 0 Å². The van der Waals surface area contributed by atoms with Gasteiger partial charge in [0.15, 0.2) is 0 Å². The van der Waals surface area contributed by atoms with Crippen LogP contribution in [-0.4, -0.2) is 6.34 Å². The van der Waals surface area contributed by atoms with Gasteiger partial charge < -0.3 is 5.32 Å². The summed E-state index contributed by atoms with van der Waals surface area (Å²) in [4.78, 5) is 4.61. The van der Waals surface area contributed by atoms with Crippen molar-refractivity contribution in [2.75, 3.05) is 5.32 Å². The van der Waals surface area contributed by atoms with Gasteiger partial charge in [0.1, 0.15) is 6.04 Å². The van der Waals surface area contributed by atoms with Crippen LogP contribution in [-0.2, 0) is 0 Å². The lowest BCUT2D eigenvalue weighted by molar-refractivity contribution is 0.870. The first-order chi connectivity index (χ1) is 10.9. The van der Waals surface area contributed by atoms with E-state index in [1.54, 1.807) is 6.34 Å². The Hall–Kier alpha value is -2.87. The van der Waals surface area contributed by atoms with Crippen LogP contribution in [0.1, 0.15) is 17.2 Å². The van der Waals surface area contributed by atoms with Crippen molar-refractivity contribution >= 4 is 12.0 Å². The molecule has 1 aliphatic heterocycles. The van der Waals surface area contributed by atoms with Crippen LogP contribution in [0.3, 0.4) is 0 Å². The lowest BCUT2D eigenvalue weighted by atomic mass is 9.95. The fourth-order valence-electron chi connectivity index (χ4n) is 2.88. The molecule has 0 fully saturated rings. The third-order valence-electron chi connectivity index (χ3n) is 4.03. The highest BCUT2D eigenvalue weighted by Gasteiger charge is 2.18. The Kier molecular flexibility index (Phi) is 3.20. The minimum absolute atomic E-state index is 0.0715. The molecule has 0 amide bonds. The molecule has 1 N–H and O–H groups in total. The Morgan fingerprint density at radius 2 is 1.36 bits per heavy atom. The number of nitrogens with one attached hydrogen (secondary N) is 1. The molecule has 2 nitrogen and oxygen atoms in total. The molecule has 3 aromatic rings. The van der Waals surface area contributed by atoms with E-state index in [0.29, 0.717) is 0 Å². The normalized spacial score (nSPS) is 15.9. The van der Waals surface area contributed by atoms with E-state index in [9.17, 15) is 0 Å². The van der Waals surface area contributed by atoms with Gasteiger partial charge in [0.2, 0.25) is 0 Å². The average molecular weight is 284 g/mol. The molecule has 0 aromatic heterocycles. The van der Waals surface area contributed by atoms with Crippen molar-refractivity contribution in [2.45, 2.75) is 6.04 Å². The van der Waals surface area contributed by atoms with Crippen molar-refractivity contribution in [1.29, 1.82) is 0 Å². The monoisotopic (exact) mass is 284 g/mol. The maximum Gasteiger partial charge on any atom is 0.104 e. The van der Waals surface area contributed by atoms with E-state index in [1.165, 1.54) is 22.3 Å². The molecule has 1 aliphatic rings. The smallest absolute Gasteiger partial charge is 0.104 e. The molecule has 106 valence electrons. The summed E-state index contributed by atoms with van der Waals surface area (Å²) in [6, 6.07) is 27.5. The molecule has 1 heterocycles. The predicted octanol–water partition coefficient (Wildman–Crippen LogP) is 4.90. The highest BCUT2D eigenvalue weighted by molar-refractivity contribution is 5.81. The van der Waals surface area contributed by atoms with Gasteiger partial charge in [0, 0.05) is 11.3 Å². The Labute approximate surface area is 130 Å². The molecule has 22 heavy (non-hydrogen) atoms. The van der Waals surface area contributed by atoms with Crippen LogP contribution in [0.15, 0.2) is 83.9 Å². The summed E-state index contributed by atoms with van der Waals surface area (Å²) >= 11 is 0. The topological polar surface area (TPSA) is 24.4 Å². The summed E-state index contributed by atoms with van der Waals surface area (Å²) in [7, 11) is 0. The number of anilines is 1. The second-order valence-electron chi connectivity index (χ2n) is 5.40. The summed E-state index contributed by atoms with van der Waals surface area (Å²) in [6.45, 7) is 0. The van der Waals surface area contributed by atoms with Crippen LogP contribution in [0, 0.1) is 0 Å². The van der Waals surface area contributed by atoms with Gasteiger partial charge in [-0.1, -0.05) is 72.8 Å². The van der Waals surface area contributed by atoms with Crippen molar-refractivity contribution in [1.82, 2.24) is 0 Å². The number of para-hydroxylation sites is 1. The van der Waals surface area contributed by atoms with Crippen LogP contribution < -0.4 is 5.32 Å². The zero-order valence-electron chi connectivity index (χ0n) is 12.1. The van der Waals surface area contributed by atoms with E-state index < -0.39 is 0 Å². The molecule has 4 rings (SSSR count). The summed E-state index contributed by atoms with van der Waals surface area (Å²) < 4.78 is 0. The van der Waals surface area contributed by atoms with E-state index in [4.69, 9.17) is 0 Å². The SMILES string of the molecule is C1=NC(c2ccc(-c3ccccc3)cc2)c2ccccc2N1. The Bertz CT molecular complexity index is 805. The highest BCUT2D eigenvalue weighted by atomic mass is 15.0. The molecular formula is C20H16N2. The fourth-order valence-corrected chi connectivity index (χ4v) is 2.88. The molecule has 1 unspecified atom stereocenters. The van der Waals surface area contributed by atoms with Crippen molar-refractivity contribution in [3.8, 4) is 11.1 Å². The minimum atomic E-state index is 0.0715.